The van der Waals surface area contributed by atoms with Gasteiger partial charge in [0.15, 0.2) is 5.11 Å². The summed E-state index contributed by atoms with van der Waals surface area (Å²) in [6.45, 7) is 5.09. The second-order valence-corrected chi connectivity index (χ2v) is 10.3. The topological polar surface area (TPSA) is 61.4 Å². The van der Waals surface area contributed by atoms with E-state index in [-0.39, 0.29) is 15.7 Å². The lowest BCUT2D eigenvalue weighted by atomic mass is 9.94. The highest BCUT2D eigenvalue weighted by Crippen LogP contribution is 2.31. The van der Waals surface area contributed by atoms with E-state index in [0.717, 1.165) is 18.6 Å². The fourth-order valence-electron chi connectivity index (χ4n) is 3.73. The Kier molecular flexibility index (Phi) is 6.92. The van der Waals surface area contributed by atoms with Crippen molar-refractivity contribution in [2.45, 2.75) is 31.3 Å². The van der Waals surface area contributed by atoms with Crippen LogP contribution in [-0.4, -0.2) is 30.9 Å². The van der Waals surface area contributed by atoms with Crippen LogP contribution in [0.2, 0.25) is 0 Å². The van der Waals surface area contributed by atoms with Crippen molar-refractivity contribution in [3.63, 3.8) is 0 Å². The Balaban J connectivity index is 1.66. The molecule has 1 heterocycles. The van der Waals surface area contributed by atoms with E-state index in [4.69, 9.17) is 12.2 Å². The number of rotatable bonds is 4. The molecule has 1 saturated heterocycles. The van der Waals surface area contributed by atoms with E-state index in [2.05, 4.69) is 10.6 Å². The summed E-state index contributed by atoms with van der Waals surface area (Å²) < 4.78 is 65.9. The summed E-state index contributed by atoms with van der Waals surface area (Å²) in [6.07, 6.45) is -3.44. The lowest BCUT2D eigenvalue weighted by molar-refractivity contribution is -0.137. The van der Waals surface area contributed by atoms with Crippen LogP contribution in [0.5, 0.6) is 0 Å². The monoisotopic (exact) mass is 471 g/mol. The smallest absolute Gasteiger partial charge is 0.332 e. The van der Waals surface area contributed by atoms with E-state index in [1.807, 2.05) is 13.8 Å². The number of thiocarbonyl (C=S) groups is 1. The van der Waals surface area contributed by atoms with Gasteiger partial charge in [0.1, 0.15) is 0 Å². The van der Waals surface area contributed by atoms with E-state index in [9.17, 15) is 21.6 Å². The summed E-state index contributed by atoms with van der Waals surface area (Å²) in [7, 11) is -3.59. The number of halogens is 3. The molecule has 1 aliphatic rings. The minimum Gasteiger partial charge on any atom is -0.332 e. The Morgan fingerprint density at radius 3 is 2.16 bits per heavy atom. The maximum atomic E-state index is 12.9. The first-order chi connectivity index (χ1) is 14.4. The normalized spacial score (nSPS) is 20.3. The fraction of sp³-hybridized carbons (Fsp3) is 0.381. The first-order valence-electron chi connectivity index (χ1n) is 9.80. The molecular formula is C21H24F3N3O2S2. The zero-order valence-corrected chi connectivity index (χ0v) is 18.7. The summed E-state index contributed by atoms with van der Waals surface area (Å²) in [5.74, 6) is 0.609. The van der Waals surface area contributed by atoms with Crippen LogP contribution in [0.15, 0.2) is 53.4 Å². The molecule has 3 rings (SSSR count). The molecule has 31 heavy (non-hydrogen) atoms. The summed E-state index contributed by atoms with van der Waals surface area (Å²) in [5.41, 5.74) is -0.0696. The van der Waals surface area contributed by atoms with Crippen molar-refractivity contribution < 1.29 is 21.6 Å². The Hall–Kier alpha value is -2.17. The van der Waals surface area contributed by atoms with Crippen LogP contribution >= 0.6 is 12.2 Å². The molecule has 2 aromatic rings. The minimum atomic E-state index is -4.45. The van der Waals surface area contributed by atoms with Crippen molar-refractivity contribution in [3.05, 3.63) is 54.1 Å². The van der Waals surface area contributed by atoms with E-state index >= 15 is 0 Å². The zero-order chi connectivity index (χ0) is 22.8. The molecule has 0 aromatic heterocycles. The summed E-state index contributed by atoms with van der Waals surface area (Å²) in [4.78, 5) is 0.191. The molecule has 10 heteroatoms. The van der Waals surface area contributed by atoms with Gasteiger partial charge in [-0.3, -0.25) is 0 Å². The highest BCUT2D eigenvalue weighted by Gasteiger charge is 2.32. The number of alkyl halides is 3. The molecule has 0 amide bonds. The van der Waals surface area contributed by atoms with Gasteiger partial charge in [-0.05, 0) is 72.9 Å². The SMILES string of the molecule is CC1CC(C)CN(S(=O)(=O)c2ccc(NC(=S)Nc3cccc(C(F)(F)F)c3)cc2)C1. The molecular weight excluding hydrogens is 447 g/mol. The molecule has 168 valence electrons. The second kappa shape index (κ2) is 9.13. The maximum Gasteiger partial charge on any atom is 0.416 e. The van der Waals surface area contributed by atoms with Gasteiger partial charge in [-0.1, -0.05) is 19.9 Å². The molecule has 0 saturated carbocycles. The molecule has 2 atom stereocenters. The Bertz CT molecular complexity index is 1030. The van der Waals surface area contributed by atoms with Crippen molar-refractivity contribution >= 4 is 38.7 Å². The first-order valence-corrected chi connectivity index (χ1v) is 11.7. The van der Waals surface area contributed by atoms with Gasteiger partial charge in [0.25, 0.3) is 0 Å². The van der Waals surface area contributed by atoms with Gasteiger partial charge in [0.05, 0.1) is 10.5 Å². The van der Waals surface area contributed by atoms with Crippen LogP contribution in [0.25, 0.3) is 0 Å². The van der Waals surface area contributed by atoms with Crippen molar-refractivity contribution in [1.82, 2.24) is 4.31 Å². The molecule has 1 fully saturated rings. The molecule has 2 N–H and O–H groups in total. The van der Waals surface area contributed by atoms with Gasteiger partial charge >= 0.3 is 6.18 Å². The van der Waals surface area contributed by atoms with Crippen molar-refractivity contribution in [1.29, 1.82) is 0 Å². The van der Waals surface area contributed by atoms with Crippen LogP contribution in [0.4, 0.5) is 24.5 Å². The Morgan fingerprint density at radius 2 is 1.58 bits per heavy atom. The molecule has 0 bridgehead atoms. The third-order valence-corrected chi connectivity index (χ3v) is 7.08. The summed E-state index contributed by atoms with van der Waals surface area (Å²) >= 11 is 5.16. The van der Waals surface area contributed by atoms with Crippen LogP contribution in [0.1, 0.15) is 25.8 Å². The number of nitrogens with zero attached hydrogens (tertiary/aromatic N) is 1. The Morgan fingerprint density at radius 1 is 1.00 bits per heavy atom. The van der Waals surface area contributed by atoms with E-state index < -0.39 is 21.8 Å². The van der Waals surface area contributed by atoms with Crippen LogP contribution in [-0.2, 0) is 16.2 Å². The Labute approximate surface area is 185 Å². The van der Waals surface area contributed by atoms with Gasteiger partial charge in [-0.25, -0.2) is 8.42 Å². The molecule has 5 nitrogen and oxygen atoms in total. The predicted molar refractivity (Wildman–Crippen MR) is 119 cm³/mol. The highest BCUT2D eigenvalue weighted by atomic mass is 32.2. The lowest BCUT2D eigenvalue weighted by Gasteiger charge is -2.34. The average molecular weight is 472 g/mol. The van der Waals surface area contributed by atoms with E-state index in [0.29, 0.717) is 30.6 Å². The second-order valence-electron chi connectivity index (χ2n) is 7.95. The van der Waals surface area contributed by atoms with Crippen molar-refractivity contribution in [2.75, 3.05) is 23.7 Å². The minimum absolute atomic E-state index is 0.0913. The molecule has 2 aromatic carbocycles. The van der Waals surface area contributed by atoms with Crippen molar-refractivity contribution in [3.8, 4) is 0 Å². The van der Waals surface area contributed by atoms with E-state index in [1.54, 1.807) is 12.1 Å². The number of sulfonamides is 1. The average Bonchev–Trinajstić information content (AvgIpc) is 2.67. The van der Waals surface area contributed by atoms with Gasteiger partial charge < -0.3 is 10.6 Å². The van der Waals surface area contributed by atoms with E-state index in [1.165, 1.54) is 28.6 Å². The van der Waals surface area contributed by atoms with Crippen LogP contribution in [0, 0.1) is 11.8 Å². The van der Waals surface area contributed by atoms with Gasteiger partial charge in [-0.15, -0.1) is 0 Å². The highest BCUT2D eigenvalue weighted by molar-refractivity contribution is 7.89. The van der Waals surface area contributed by atoms with Gasteiger partial charge in [-0.2, -0.15) is 17.5 Å². The number of nitrogens with one attached hydrogen (secondary N) is 2. The number of benzene rings is 2. The fourth-order valence-corrected chi connectivity index (χ4v) is 5.64. The first kappa shape index (κ1) is 23.5. The van der Waals surface area contributed by atoms with Gasteiger partial charge in [0.2, 0.25) is 10.0 Å². The van der Waals surface area contributed by atoms with Gasteiger partial charge in [0, 0.05) is 24.5 Å². The number of hydrogen-bond acceptors (Lipinski definition) is 3. The largest absolute Gasteiger partial charge is 0.416 e. The molecule has 0 spiro atoms. The standard InChI is InChI=1S/C21H24F3N3O2S2/c1-14-10-15(2)13-27(12-14)31(28,29)19-8-6-17(7-9-19)25-20(30)26-18-5-3-4-16(11-18)21(22,23)24/h3-9,11,14-15H,10,12-13H2,1-2H3,(H2,25,26,30). The zero-order valence-electron chi connectivity index (χ0n) is 17.1. The summed E-state index contributed by atoms with van der Waals surface area (Å²) in [5, 5.41) is 5.65. The third kappa shape index (κ3) is 5.96. The number of piperidine rings is 1. The van der Waals surface area contributed by atoms with Crippen LogP contribution in [0.3, 0.4) is 0 Å². The molecule has 1 aliphatic heterocycles. The molecule has 2 unspecified atom stereocenters. The number of anilines is 2. The summed E-state index contributed by atoms with van der Waals surface area (Å²) in [6, 6.07) is 10.8. The van der Waals surface area contributed by atoms with Crippen molar-refractivity contribution in [2.24, 2.45) is 11.8 Å². The quantitative estimate of drug-likeness (QED) is 0.602. The lowest BCUT2D eigenvalue weighted by Crippen LogP contribution is -2.42. The molecule has 0 aliphatic carbocycles. The number of hydrogen-bond donors (Lipinski definition) is 2. The predicted octanol–water partition coefficient (Wildman–Crippen LogP) is 5.18. The maximum absolute atomic E-state index is 12.9. The van der Waals surface area contributed by atoms with Crippen LogP contribution < -0.4 is 10.6 Å². The molecule has 0 radical (unpaired) electrons. The third-order valence-electron chi connectivity index (χ3n) is 5.03.